The molecular formula is C46H79N7O7. The van der Waals surface area contributed by atoms with Crippen LogP contribution >= 0.6 is 0 Å². The maximum absolute atomic E-state index is 13.6. The van der Waals surface area contributed by atoms with Crippen molar-refractivity contribution >= 4 is 17.7 Å². The van der Waals surface area contributed by atoms with Gasteiger partial charge in [-0.05, 0) is 44.3 Å². The van der Waals surface area contributed by atoms with Gasteiger partial charge in [0.15, 0.2) is 0 Å². The lowest BCUT2D eigenvalue weighted by atomic mass is 9.90. The number of ether oxygens (including phenoxy) is 4. The first-order valence-electron chi connectivity index (χ1n) is 22.4. The summed E-state index contributed by atoms with van der Waals surface area (Å²) < 4.78 is 23.8. The van der Waals surface area contributed by atoms with Crippen LogP contribution in [0, 0.1) is 17.8 Å². The van der Waals surface area contributed by atoms with Crippen molar-refractivity contribution in [3.05, 3.63) is 59.8 Å². The van der Waals surface area contributed by atoms with Crippen LogP contribution in [0.15, 0.2) is 54.3 Å². The van der Waals surface area contributed by atoms with Crippen LogP contribution in [0.1, 0.15) is 86.1 Å². The van der Waals surface area contributed by atoms with Crippen molar-refractivity contribution in [3.63, 3.8) is 0 Å². The Bertz CT molecular complexity index is 1480. The predicted octanol–water partition coefficient (Wildman–Crippen LogP) is 4.26. The Morgan fingerprint density at radius 2 is 1.62 bits per heavy atom. The minimum absolute atomic E-state index is 0.0202. The average molecular weight is 842 g/mol. The van der Waals surface area contributed by atoms with Gasteiger partial charge in [0, 0.05) is 45.4 Å². The molecule has 1 aromatic rings. The van der Waals surface area contributed by atoms with E-state index in [1.165, 1.54) is 6.42 Å². The van der Waals surface area contributed by atoms with Gasteiger partial charge in [0.2, 0.25) is 17.7 Å². The molecule has 340 valence electrons. The van der Waals surface area contributed by atoms with Gasteiger partial charge in [0.25, 0.3) is 0 Å². The van der Waals surface area contributed by atoms with Crippen molar-refractivity contribution in [2.45, 2.75) is 123 Å². The first kappa shape index (κ1) is 50.5. The molecule has 0 aliphatic carbocycles. The van der Waals surface area contributed by atoms with Gasteiger partial charge in [-0.3, -0.25) is 19.3 Å². The lowest BCUT2D eigenvalue weighted by Gasteiger charge is -2.37. The number of likely N-dealkylation sites (N-methyl/N-ethyl adjacent to an activating group) is 2. The highest BCUT2D eigenvalue weighted by atomic mass is 16.5. The van der Waals surface area contributed by atoms with E-state index in [4.69, 9.17) is 24.7 Å². The molecule has 0 saturated carbocycles. The van der Waals surface area contributed by atoms with E-state index in [9.17, 15) is 14.4 Å². The quantitative estimate of drug-likeness (QED) is 0.110. The highest BCUT2D eigenvalue weighted by Gasteiger charge is 2.44. The Morgan fingerprint density at radius 1 is 0.933 bits per heavy atom. The minimum Gasteiger partial charge on any atom is -0.494 e. The van der Waals surface area contributed by atoms with Crippen molar-refractivity contribution in [3.8, 4) is 0 Å². The molecule has 14 nitrogen and oxygen atoms in total. The molecule has 3 amide bonds. The Morgan fingerprint density at radius 3 is 2.25 bits per heavy atom. The van der Waals surface area contributed by atoms with Crippen LogP contribution in [0.4, 0.5) is 0 Å². The highest BCUT2D eigenvalue weighted by Crippen LogP contribution is 2.39. The average Bonchev–Trinajstić information content (AvgIpc) is 3.98. The molecule has 4 rings (SSSR count). The third-order valence-electron chi connectivity index (χ3n) is 11.6. The highest BCUT2D eigenvalue weighted by molar-refractivity contribution is 5.87. The summed E-state index contributed by atoms with van der Waals surface area (Å²) in [5, 5.41) is 9.48. The van der Waals surface area contributed by atoms with Crippen molar-refractivity contribution in [1.29, 1.82) is 0 Å². The summed E-state index contributed by atoms with van der Waals surface area (Å²) in [5.41, 5.74) is 8.53. The molecule has 1 fully saturated rings. The Hall–Kier alpha value is -3.85. The number of hydrogen-bond donors (Lipinski definition) is 4. The Labute approximate surface area is 361 Å². The number of nitrogens with zero attached hydrogens (tertiary/aromatic N) is 3. The zero-order valence-corrected chi connectivity index (χ0v) is 38.4. The molecule has 0 spiro atoms. The van der Waals surface area contributed by atoms with Gasteiger partial charge in [0.05, 0.1) is 62.5 Å². The summed E-state index contributed by atoms with van der Waals surface area (Å²) in [5.74, 6) is -0.0756. The Kier molecular flexibility index (Phi) is 22.3. The predicted molar refractivity (Wildman–Crippen MR) is 237 cm³/mol. The van der Waals surface area contributed by atoms with E-state index < -0.39 is 6.04 Å². The summed E-state index contributed by atoms with van der Waals surface area (Å²) in [6.45, 7) is 18.2. The molecule has 8 atom stereocenters. The maximum Gasteiger partial charge on any atom is 0.242 e. The van der Waals surface area contributed by atoms with Gasteiger partial charge in [-0.25, -0.2) is 0 Å². The topological polar surface area (TPSA) is 160 Å². The second-order valence-corrected chi connectivity index (χ2v) is 17.0. The number of nitrogens with one attached hydrogen (secondary N) is 3. The first-order valence-corrected chi connectivity index (χ1v) is 22.4. The van der Waals surface area contributed by atoms with Gasteiger partial charge >= 0.3 is 0 Å². The summed E-state index contributed by atoms with van der Waals surface area (Å²) in [4.78, 5) is 46.2. The Balaban J connectivity index is 0.00000311. The normalized spacial score (nSPS) is 21.8. The fourth-order valence-corrected chi connectivity index (χ4v) is 8.45. The molecule has 4 unspecified atom stereocenters. The molecule has 3 aliphatic rings. The maximum atomic E-state index is 13.6. The molecular weight excluding hydrogens is 763 g/mol. The van der Waals surface area contributed by atoms with E-state index in [2.05, 4.69) is 55.5 Å². The molecule has 1 saturated heterocycles. The monoisotopic (exact) mass is 842 g/mol. The number of nitrogens with two attached hydrogens (primary N) is 1. The van der Waals surface area contributed by atoms with Crippen LogP contribution in [0.2, 0.25) is 0 Å². The van der Waals surface area contributed by atoms with Gasteiger partial charge in [-0.15, -0.1) is 0 Å². The smallest absolute Gasteiger partial charge is 0.242 e. The summed E-state index contributed by atoms with van der Waals surface area (Å²) >= 11 is 0. The number of rotatable bonds is 24. The van der Waals surface area contributed by atoms with Crippen molar-refractivity contribution < 1.29 is 33.3 Å². The SMILES string of the molecule is CCC.CCC(C)C(C1CC(N2CCC[C@H]2[C@@H]2OC=C(N[C@@H](Cc3ccccc3)C(=O)NCCOCCOCCN)[C@@H]2C)=CO1)N(C)C(=O)CNC(=O)C(C(C)C)N(C)C. The molecule has 14 heteroatoms. The summed E-state index contributed by atoms with van der Waals surface area (Å²) in [6, 6.07) is 9.14. The van der Waals surface area contributed by atoms with E-state index >= 15 is 0 Å². The lowest BCUT2D eigenvalue weighted by Crippen LogP contribution is -2.53. The van der Waals surface area contributed by atoms with Gasteiger partial charge in [0.1, 0.15) is 30.8 Å². The zero-order valence-electron chi connectivity index (χ0n) is 38.4. The third kappa shape index (κ3) is 15.0. The van der Waals surface area contributed by atoms with Crippen LogP contribution in [0.25, 0.3) is 0 Å². The second kappa shape index (κ2) is 26.5. The molecule has 60 heavy (non-hydrogen) atoms. The van der Waals surface area contributed by atoms with Gasteiger partial charge in [-0.1, -0.05) is 91.6 Å². The van der Waals surface area contributed by atoms with Crippen LogP contribution < -0.4 is 21.7 Å². The molecule has 0 aromatic heterocycles. The van der Waals surface area contributed by atoms with Gasteiger partial charge in [-0.2, -0.15) is 0 Å². The molecule has 5 N–H and O–H groups in total. The number of carbonyl (C=O) groups is 3. The van der Waals surface area contributed by atoms with Crippen molar-refractivity contribution in [2.24, 2.45) is 23.5 Å². The van der Waals surface area contributed by atoms with Crippen LogP contribution in [-0.2, 0) is 39.8 Å². The molecule has 0 radical (unpaired) electrons. The van der Waals surface area contributed by atoms with Crippen LogP contribution in [0.5, 0.6) is 0 Å². The van der Waals surface area contributed by atoms with Crippen molar-refractivity contribution in [1.82, 2.24) is 30.7 Å². The zero-order chi connectivity index (χ0) is 44.2. The first-order chi connectivity index (χ1) is 28.8. The van der Waals surface area contributed by atoms with Crippen LogP contribution in [-0.4, -0.2) is 143 Å². The number of benzene rings is 1. The van der Waals surface area contributed by atoms with E-state index in [0.717, 1.165) is 42.8 Å². The number of hydrogen-bond acceptors (Lipinski definition) is 11. The third-order valence-corrected chi connectivity index (χ3v) is 11.6. The van der Waals surface area contributed by atoms with Crippen LogP contribution in [0.3, 0.4) is 0 Å². The standard InChI is InChI=1S/C43H71N7O7.C3H8/c1-9-30(4)40(49(8)38(51)26-46-43(53)39(29(2)3)48(6)7)37-25-33(27-56-37)50-19-13-16-36(50)41-31(5)35(28-57-41)47-34(24-32-14-11-10-12-15-32)42(52)45-18-21-55-23-22-54-20-17-44;1-3-2/h10-12,14-15,27-31,34,36-37,39-41,47H,9,13,16-26,44H2,1-8H3,(H,45,52)(H,46,53);3H2,1-2H3/t30?,31-,34-,36-,37?,39?,40?,41+;/m0./s1. The second-order valence-electron chi connectivity index (χ2n) is 17.0. The summed E-state index contributed by atoms with van der Waals surface area (Å²) in [7, 11) is 5.58. The van der Waals surface area contributed by atoms with Crippen molar-refractivity contribution in [2.75, 3.05) is 73.7 Å². The van der Waals surface area contributed by atoms with E-state index in [0.29, 0.717) is 52.4 Å². The van der Waals surface area contributed by atoms with E-state index in [1.54, 1.807) is 11.2 Å². The largest absolute Gasteiger partial charge is 0.494 e. The molecule has 0 bridgehead atoms. The fourth-order valence-electron chi connectivity index (χ4n) is 8.45. The summed E-state index contributed by atoms with van der Waals surface area (Å²) in [6.07, 6.45) is 8.68. The van der Waals surface area contributed by atoms with E-state index in [1.807, 2.05) is 76.5 Å². The number of amides is 3. The minimum atomic E-state index is -0.502. The molecule has 3 aliphatic heterocycles. The van der Waals surface area contributed by atoms with Gasteiger partial charge < -0.3 is 50.4 Å². The number of carbonyl (C=O) groups excluding carboxylic acids is 3. The number of likely N-dealkylation sites (tertiary alicyclic amines) is 1. The van der Waals surface area contributed by atoms with E-state index in [-0.39, 0.29) is 72.4 Å². The fraction of sp³-hybridized carbons (Fsp3) is 0.717. The lowest BCUT2D eigenvalue weighted by molar-refractivity contribution is -0.137. The molecule has 1 aromatic carbocycles. The molecule has 3 heterocycles.